The van der Waals surface area contributed by atoms with Crippen molar-refractivity contribution in [2.24, 2.45) is 0 Å². The van der Waals surface area contributed by atoms with Crippen molar-refractivity contribution in [2.45, 2.75) is 32.7 Å². The first-order valence-corrected chi connectivity index (χ1v) is 3.91. The molecule has 1 aliphatic heterocycles. The van der Waals surface area contributed by atoms with E-state index in [2.05, 4.69) is 13.8 Å². The maximum atomic E-state index is 6.25. The Labute approximate surface area is 63.4 Å². The number of nitrogens with one attached hydrogen (secondary N) is 1. The monoisotopic (exact) mass is 140 g/mol. The average molecular weight is 140 g/mol. The van der Waals surface area contributed by atoms with Gasteiger partial charge in [0.15, 0.2) is 0 Å². The van der Waals surface area contributed by atoms with E-state index in [9.17, 15) is 0 Å². The topological polar surface area (TPSA) is 28.2 Å². The number of likely N-dealkylation sites (tertiary alicyclic amines) is 1. The van der Waals surface area contributed by atoms with Crippen molar-refractivity contribution in [3.63, 3.8) is 0 Å². The summed E-state index contributed by atoms with van der Waals surface area (Å²) in [5, 5.41) is 6.25. The van der Waals surface area contributed by atoms with Crippen LogP contribution in [0, 0.1) is 11.8 Å². The highest BCUT2D eigenvalue weighted by Gasteiger charge is 2.21. The highest BCUT2D eigenvalue weighted by atomic mass is 15.2. The zero-order chi connectivity index (χ0) is 7.98. The van der Waals surface area contributed by atoms with Gasteiger partial charge in [-0.25, -0.2) is 0 Å². The average Bonchev–Trinajstić information content (AvgIpc) is 2.39. The Morgan fingerprint density at radius 3 is 2.40 bits per heavy atom. The third-order valence-electron chi connectivity index (χ3n) is 2.29. The smallest absolute Gasteiger partial charge is 0.0848 e. The van der Waals surface area contributed by atoms with E-state index in [-0.39, 0.29) is 0 Å². The van der Waals surface area contributed by atoms with Crippen LogP contribution >= 0.6 is 0 Å². The first-order chi connectivity index (χ1) is 4.84. The second-order valence-corrected chi connectivity index (χ2v) is 2.81. The predicted molar refractivity (Wildman–Crippen MR) is 40.0 cm³/mol. The van der Waals surface area contributed by atoms with E-state index < -0.39 is 0 Å². The summed E-state index contributed by atoms with van der Waals surface area (Å²) in [7, 11) is 0. The fourth-order valence-electron chi connectivity index (χ4n) is 1.61. The van der Waals surface area contributed by atoms with Crippen LogP contribution in [-0.2, 0) is 0 Å². The molecule has 1 N–H and O–H groups in total. The number of hydrogen-bond donors (Lipinski definition) is 1. The predicted octanol–water partition coefficient (Wildman–Crippen LogP) is 0.170. The summed E-state index contributed by atoms with van der Waals surface area (Å²) in [6.45, 7) is 12.1. The molecular weight excluding hydrogens is 124 g/mol. The van der Waals surface area contributed by atoms with Gasteiger partial charge in [0.05, 0.1) is 19.1 Å². The Kier molecular flexibility index (Phi) is 4.96. The zero-order valence-corrected chi connectivity index (χ0v) is 6.85. The van der Waals surface area contributed by atoms with Crippen LogP contribution in [0.4, 0.5) is 0 Å². The van der Waals surface area contributed by atoms with E-state index in [1.54, 1.807) is 4.90 Å². The minimum atomic E-state index is 0.944. The number of rotatable bonds is 1. The summed E-state index contributed by atoms with van der Waals surface area (Å²) in [5.41, 5.74) is 0. The normalized spacial score (nSPS) is 30.8. The van der Waals surface area contributed by atoms with Gasteiger partial charge in [0, 0.05) is 12.8 Å². The van der Waals surface area contributed by atoms with Gasteiger partial charge in [-0.3, -0.25) is 0 Å². The van der Waals surface area contributed by atoms with Gasteiger partial charge in [-0.15, -0.1) is 0 Å². The Morgan fingerprint density at radius 1 is 1.60 bits per heavy atom. The van der Waals surface area contributed by atoms with Gasteiger partial charge in [-0.1, -0.05) is 0 Å². The van der Waals surface area contributed by atoms with Gasteiger partial charge in [-0.2, -0.15) is 0 Å². The maximum Gasteiger partial charge on any atom is 0.0848 e. The molecule has 0 aromatic carbocycles. The van der Waals surface area contributed by atoms with Gasteiger partial charge in [0.1, 0.15) is 0 Å². The van der Waals surface area contributed by atoms with E-state index >= 15 is 0 Å². The molecule has 0 aromatic rings. The maximum absolute atomic E-state index is 6.25. The molecule has 0 bridgehead atoms. The van der Waals surface area contributed by atoms with Crippen LogP contribution in [0.3, 0.4) is 0 Å². The molecule has 2 unspecified atom stereocenters. The largest absolute Gasteiger partial charge is 0.512 e. The summed E-state index contributed by atoms with van der Waals surface area (Å²) < 4.78 is 0. The molecule has 2 atom stereocenters. The number of nitrogens with zero attached hydrogens (tertiary/aromatic N) is 1. The fraction of sp³-hybridized carbons (Fsp3) is 0.875. The summed E-state index contributed by atoms with van der Waals surface area (Å²) in [4.78, 5) is 1.80. The molecule has 10 heavy (non-hydrogen) atoms. The minimum Gasteiger partial charge on any atom is -0.512 e. The lowest BCUT2D eigenvalue weighted by atomic mass is 10.2. The Bertz CT molecular complexity index is 98.7. The standard InChI is InChI=1S/C7H15N.CN/c1-3-8-6-4-5-7(8)2;1-2/h7H,3-6H2,1-2H3;/q;-1/p+1. The number of hydrogen-bond acceptors (Lipinski definition) is 1. The summed E-state index contributed by atoms with van der Waals surface area (Å²) in [5.74, 6) is 0. The van der Waals surface area contributed by atoms with Gasteiger partial charge in [0.25, 0.3) is 0 Å². The van der Waals surface area contributed by atoms with Crippen LogP contribution in [0.2, 0.25) is 0 Å². The lowest BCUT2D eigenvalue weighted by Gasteiger charge is -2.14. The Hall–Kier alpha value is -0.550. The SMILES string of the molecule is CC[NH+]1CCCC1C.[C-]#N. The summed E-state index contributed by atoms with van der Waals surface area (Å²) in [6.07, 6.45) is 2.90. The van der Waals surface area contributed by atoms with Crippen molar-refractivity contribution in [3.05, 3.63) is 6.57 Å². The molecule has 0 aliphatic carbocycles. The molecule has 1 rings (SSSR count). The van der Waals surface area contributed by atoms with Crippen LogP contribution in [0.15, 0.2) is 0 Å². The van der Waals surface area contributed by atoms with Crippen molar-refractivity contribution in [1.82, 2.24) is 0 Å². The second-order valence-electron chi connectivity index (χ2n) is 2.81. The first kappa shape index (κ1) is 9.45. The minimum absolute atomic E-state index is 0.944. The lowest BCUT2D eigenvalue weighted by molar-refractivity contribution is -0.908. The number of quaternary nitrogens is 1. The van der Waals surface area contributed by atoms with Gasteiger partial charge in [0.2, 0.25) is 0 Å². The molecule has 0 spiro atoms. The van der Waals surface area contributed by atoms with Crippen LogP contribution in [-0.4, -0.2) is 19.1 Å². The van der Waals surface area contributed by atoms with Crippen molar-refractivity contribution in [2.75, 3.05) is 13.1 Å². The van der Waals surface area contributed by atoms with Gasteiger partial charge < -0.3 is 16.7 Å². The first-order valence-electron chi connectivity index (χ1n) is 3.91. The van der Waals surface area contributed by atoms with Crippen molar-refractivity contribution in [3.8, 4) is 0 Å². The zero-order valence-electron chi connectivity index (χ0n) is 6.85. The van der Waals surface area contributed by atoms with Crippen LogP contribution in [0.1, 0.15) is 26.7 Å². The molecule has 0 saturated carbocycles. The van der Waals surface area contributed by atoms with E-state index in [4.69, 9.17) is 11.8 Å². The van der Waals surface area contributed by atoms with Crippen molar-refractivity contribution >= 4 is 0 Å². The van der Waals surface area contributed by atoms with Crippen molar-refractivity contribution < 1.29 is 4.90 Å². The molecule has 2 nitrogen and oxygen atoms in total. The second kappa shape index (κ2) is 5.25. The fourth-order valence-corrected chi connectivity index (χ4v) is 1.61. The molecule has 1 heterocycles. The summed E-state index contributed by atoms with van der Waals surface area (Å²) >= 11 is 0. The van der Waals surface area contributed by atoms with Gasteiger partial charge in [-0.05, 0) is 13.8 Å². The van der Waals surface area contributed by atoms with E-state index in [1.165, 1.54) is 25.9 Å². The Morgan fingerprint density at radius 2 is 2.20 bits per heavy atom. The quantitative estimate of drug-likeness (QED) is 0.517. The molecule has 1 aliphatic rings. The molecule has 0 amide bonds. The van der Waals surface area contributed by atoms with Crippen molar-refractivity contribution in [1.29, 1.82) is 5.26 Å². The molecule has 0 radical (unpaired) electrons. The van der Waals surface area contributed by atoms with E-state index in [0.717, 1.165) is 6.04 Å². The highest BCUT2D eigenvalue weighted by Crippen LogP contribution is 1.96. The molecule has 58 valence electrons. The molecule has 1 saturated heterocycles. The molecule has 2 heteroatoms. The van der Waals surface area contributed by atoms with Crippen LogP contribution in [0.25, 0.3) is 0 Å². The third-order valence-corrected chi connectivity index (χ3v) is 2.29. The molecule has 0 aromatic heterocycles. The Balaban J connectivity index is 0.000000371. The summed E-state index contributed by atoms with van der Waals surface area (Å²) in [6, 6.07) is 0.944. The van der Waals surface area contributed by atoms with Crippen LogP contribution in [0.5, 0.6) is 0 Å². The lowest BCUT2D eigenvalue weighted by Crippen LogP contribution is -3.12. The third kappa shape index (κ3) is 2.36. The highest BCUT2D eigenvalue weighted by molar-refractivity contribution is 4.54. The van der Waals surface area contributed by atoms with Gasteiger partial charge >= 0.3 is 0 Å². The van der Waals surface area contributed by atoms with E-state index in [1.807, 2.05) is 0 Å². The molecule has 1 fully saturated rings. The van der Waals surface area contributed by atoms with E-state index in [0.29, 0.717) is 0 Å². The van der Waals surface area contributed by atoms with Crippen LogP contribution < -0.4 is 4.90 Å². The molecular formula is C8H16N2.